The van der Waals surface area contributed by atoms with Gasteiger partial charge in [0.1, 0.15) is 5.52 Å². The summed E-state index contributed by atoms with van der Waals surface area (Å²) in [6.45, 7) is 0. The number of carbonyl (C=O) groups is 2. The third kappa shape index (κ3) is 1.96. The second kappa shape index (κ2) is 4.25. The summed E-state index contributed by atoms with van der Waals surface area (Å²) in [6.07, 6.45) is 1.32. The van der Waals surface area contributed by atoms with Crippen LogP contribution in [0.25, 0.3) is 11.1 Å². The van der Waals surface area contributed by atoms with Crippen molar-refractivity contribution in [2.45, 2.75) is 0 Å². The van der Waals surface area contributed by atoms with E-state index in [-0.39, 0.29) is 0 Å². The molecule has 0 fully saturated rings. The number of anilines is 1. The zero-order valence-corrected chi connectivity index (χ0v) is 9.34. The van der Waals surface area contributed by atoms with E-state index in [4.69, 9.17) is 4.42 Å². The van der Waals surface area contributed by atoms with Gasteiger partial charge in [-0.3, -0.25) is 4.79 Å². The first-order valence-corrected chi connectivity index (χ1v) is 4.82. The van der Waals surface area contributed by atoms with E-state index in [1.54, 1.807) is 18.2 Å². The molecule has 1 heterocycles. The summed E-state index contributed by atoms with van der Waals surface area (Å²) in [7, 11) is 2.64. The van der Waals surface area contributed by atoms with Gasteiger partial charge >= 0.3 is 11.9 Å². The van der Waals surface area contributed by atoms with Crippen LogP contribution in [0.5, 0.6) is 0 Å². The molecule has 1 aromatic carbocycles. The van der Waals surface area contributed by atoms with Crippen molar-refractivity contribution in [1.29, 1.82) is 0 Å². The van der Waals surface area contributed by atoms with Gasteiger partial charge in [-0.05, 0) is 12.1 Å². The van der Waals surface area contributed by atoms with Gasteiger partial charge in [-0.2, -0.15) is 0 Å². The Morgan fingerprint density at radius 1 is 1.41 bits per heavy atom. The lowest BCUT2D eigenvalue weighted by Gasteiger charge is -2.15. The Morgan fingerprint density at radius 2 is 2.18 bits per heavy atom. The Hall–Kier alpha value is -2.37. The van der Waals surface area contributed by atoms with Crippen LogP contribution in [0.15, 0.2) is 29.0 Å². The number of aromatic nitrogens is 1. The normalized spacial score (nSPS) is 10.2. The van der Waals surface area contributed by atoms with Gasteiger partial charge in [0, 0.05) is 18.8 Å². The van der Waals surface area contributed by atoms with E-state index in [2.05, 4.69) is 9.72 Å². The number of rotatable bonds is 1. The highest BCUT2D eigenvalue weighted by molar-refractivity contribution is 6.38. The third-order valence-electron chi connectivity index (χ3n) is 2.37. The second-order valence-electron chi connectivity index (χ2n) is 3.36. The first kappa shape index (κ1) is 11.1. The monoisotopic (exact) mass is 234 g/mol. The fraction of sp³-hybridized carbons (Fsp3) is 0.182. The highest BCUT2D eigenvalue weighted by Gasteiger charge is 2.20. The number of esters is 1. The summed E-state index contributed by atoms with van der Waals surface area (Å²) < 4.78 is 9.47. The molecule has 1 amide bonds. The maximum atomic E-state index is 11.6. The Balaban J connectivity index is 2.32. The molecule has 0 aliphatic rings. The lowest BCUT2D eigenvalue weighted by atomic mass is 10.2. The number of ether oxygens (including phenoxy) is 1. The average molecular weight is 234 g/mol. The fourth-order valence-electron chi connectivity index (χ4n) is 1.39. The van der Waals surface area contributed by atoms with Crippen LogP contribution in [0, 0.1) is 0 Å². The summed E-state index contributed by atoms with van der Waals surface area (Å²) in [5.41, 5.74) is 1.77. The molecule has 0 radical (unpaired) electrons. The molecule has 17 heavy (non-hydrogen) atoms. The maximum Gasteiger partial charge on any atom is 0.397 e. The molecule has 0 atom stereocenters. The number of likely N-dealkylation sites (N-methyl/N-ethyl adjacent to an activating group) is 1. The lowest BCUT2D eigenvalue weighted by molar-refractivity contribution is -0.151. The quantitative estimate of drug-likeness (QED) is 0.543. The van der Waals surface area contributed by atoms with Crippen LogP contribution >= 0.6 is 0 Å². The highest BCUT2D eigenvalue weighted by Crippen LogP contribution is 2.20. The molecule has 88 valence electrons. The Labute approximate surface area is 96.8 Å². The largest absolute Gasteiger partial charge is 0.462 e. The van der Waals surface area contributed by atoms with Gasteiger partial charge in [0.05, 0.1) is 7.11 Å². The zero-order chi connectivity index (χ0) is 12.4. The lowest BCUT2D eigenvalue weighted by Crippen LogP contribution is -2.33. The van der Waals surface area contributed by atoms with Gasteiger partial charge in [-0.15, -0.1) is 0 Å². The smallest absolute Gasteiger partial charge is 0.397 e. The summed E-state index contributed by atoms with van der Waals surface area (Å²) >= 11 is 0. The molecule has 0 bridgehead atoms. The van der Waals surface area contributed by atoms with Crippen LogP contribution in [0.1, 0.15) is 0 Å². The van der Waals surface area contributed by atoms with E-state index in [1.807, 2.05) is 0 Å². The van der Waals surface area contributed by atoms with Crippen LogP contribution in [-0.2, 0) is 14.3 Å². The molecule has 0 aliphatic heterocycles. The maximum absolute atomic E-state index is 11.6. The predicted octanol–water partition coefficient (Wildman–Crippen LogP) is 0.964. The van der Waals surface area contributed by atoms with Crippen LogP contribution in [0.3, 0.4) is 0 Å². The van der Waals surface area contributed by atoms with Crippen molar-refractivity contribution < 1.29 is 18.7 Å². The van der Waals surface area contributed by atoms with Crippen molar-refractivity contribution in [3.8, 4) is 0 Å². The molecule has 0 saturated heterocycles. The zero-order valence-electron chi connectivity index (χ0n) is 9.34. The Morgan fingerprint density at radius 3 is 2.88 bits per heavy atom. The number of hydrogen-bond donors (Lipinski definition) is 0. The highest BCUT2D eigenvalue weighted by atomic mass is 16.5. The van der Waals surface area contributed by atoms with Crippen molar-refractivity contribution in [2.75, 3.05) is 19.1 Å². The molecule has 2 aromatic rings. The van der Waals surface area contributed by atoms with E-state index in [9.17, 15) is 9.59 Å². The first-order valence-electron chi connectivity index (χ1n) is 4.82. The molecular weight excluding hydrogens is 224 g/mol. The number of oxazole rings is 1. The number of hydrogen-bond acceptors (Lipinski definition) is 5. The van der Waals surface area contributed by atoms with Crippen molar-refractivity contribution >= 4 is 28.7 Å². The van der Waals surface area contributed by atoms with Gasteiger partial charge in [0.2, 0.25) is 0 Å². The SMILES string of the molecule is COC(=O)C(=O)N(C)c1ccc2ncoc2c1. The van der Waals surface area contributed by atoms with Crippen LogP contribution in [-0.4, -0.2) is 31.0 Å². The fourth-order valence-corrected chi connectivity index (χ4v) is 1.39. The Kier molecular flexibility index (Phi) is 2.78. The van der Waals surface area contributed by atoms with E-state index in [0.29, 0.717) is 16.8 Å². The number of nitrogens with zero attached hydrogens (tertiary/aromatic N) is 2. The molecule has 0 spiro atoms. The van der Waals surface area contributed by atoms with Crippen LogP contribution in [0.2, 0.25) is 0 Å². The summed E-state index contributed by atoms with van der Waals surface area (Å²) in [6, 6.07) is 5.00. The molecule has 0 unspecified atom stereocenters. The van der Waals surface area contributed by atoms with Gasteiger partial charge in [-0.25, -0.2) is 9.78 Å². The van der Waals surface area contributed by atoms with Crippen molar-refractivity contribution in [1.82, 2.24) is 4.98 Å². The minimum atomic E-state index is -0.912. The summed E-state index contributed by atoms with van der Waals surface area (Å²) in [4.78, 5) is 27.8. The standard InChI is InChI=1S/C11H10N2O4/c1-13(10(14)11(15)16-2)7-3-4-8-9(5-7)17-6-12-8/h3-6H,1-2H3. The molecular formula is C11H10N2O4. The van der Waals surface area contributed by atoms with Crippen molar-refractivity contribution in [3.05, 3.63) is 24.6 Å². The van der Waals surface area contributed by atoms with E-state index in [1.165, 1.54) is 18.3 Å². The predicted molar refractivity (Wildman–Crippen MR) is 59.4 cm³/mol. The van der Waals surface area contributed by atoms with Crippen LogP contribution < -0.4 is 4.90 Å². The molecule has 0 aliphatic carbocycles. The molecule has 6 nitrogen and oxygen atoms in total. The number of amides is 1. The van der Waals surface area contributed by atoms with Crippen LogP contribution in [0.4, 0.5) is 5.69 Å². The molecule has 6 heteroatoms. The molecule has 2 rings (SSSR count). The molecule has 0 N–H and O–H groups in total. The number of fused-ring (bicyclic) bond motifs is 1. The van der Waals surface area contributed by atoms with Gasteiger partial charge in [0.15, 0.2) is 12.0 Å². The van der Waals surface area contributed by atoms with Crippen molar-refractivity contribution in [3.63, 3.8) is 0 Å². The first-order chi connectivity index (χ1) is 8.13. The van der Waals surface area contributed by atoms with E-state index < -0.39 is 11.9 Å². The number of carbonyl (C=O) groups excluding carboxylic acids is 2. The van der Waals surface area contributed by atoms with Gasteiger partial charge in [-0.1, -0.05) is 0 Å². The minimum Gasteiger partial charge on any atom is -0.462 e. The van der Waals surface area contributed by atoms with E-state index >= 15 is 0 Å². The Bertz CT molecular complexity index is 576. The third-order valence-corrected chi connectivity index (χ3v) is 2.37. The van der Waals surface area contributed by atoms with E-state index in [0.717, 1.165) is 7.11 Å². The van der Waals surface area contributed by atoms with Gasteiger partial charge in [0.25, 0.3) is 0 Å². The summed E-state index contributed by atoms with van der Waals surface area (Å²) in [5, 5.41) is 0. The molecule has 0 saturated carbocycles. The summed E-state index contributed by atoms with van der Waals surface area (Å²) in [5.74, 6) is -1.66. The van der Waals surface area contributed by atoms with Crippen molar-refractivity contribution in [2.24, 2.45) is 0 Å². The average Bonchev–Trinajstić information content (AvgIpc) is 2.83. The molecule has 1 aromatic heterocycles. The topological polar surface area (TPSA) is 72.6 Å². The minimum absolute atomic E-state index is 0.532. The number of benzene rings is 1. The second-order valence-corrected chi connectivity index (χ2v) is 3.36. The van der Waals surface area contributed by atoms with Gasteiger partial charge < -0.3 is 14.1 Å². The number of methoxy groups -OCH3 is 1.